The zero-order valence-corrected chi connectivity index (χ0v) is 9.79. The van der Waals surface area contributed by atoms with Gasteiger partial charge in [0.2, 0.25) is 5.91 Å². The van der Waals surface area contributed by atoms with Gasteiger partial charge in [0, 0.05) is 25.9 Å². The van der Waals surface area contributed by atoms with Crippen molar-refractivity contribution in [1.82, 2.24) is 4.90 Å². The van der Waals surface area contributed by atoms with Gasteiger partial charge in [0.1, 0.15) is 5.78 Å². The molecule has 3 heteroatoms. The van der Waals surface area contributed by atoms with Crippen LogP contribution in [0.25, 0.3) is 0 Å². The largest absolute Gasteiger partial charge is 0.342 e. The number of carbonyl (C=O) groups is 2. The first-order valence-electron chi connectivity index (χ1n) is 5.90. The van der Waals surface area contributed by atoms with Crippen molar-refractivity contribution in [3.8, 4) is 0 Å². The number of carbonyl (C=O) groups excluding carboxylic acids is 2. The molecule has 0 saturated carbocycles. The zero-order valence-electron chi connectivity index (χ0n) is 9.79. The van der Waals surface area contributed by atoms with Crippen molar-refractivity contribution < 1.29 is 9.59 Å². The number of ketones is 1. The van der Waals surface area contributed by atoms with Crippen molar-refractivity contribution >= 4 is 11.7 Å². The summed E-state index contributed by atoms with van der Waals surface area (Å²) in [5.74, 6) is 1.10. The fraction of sp³-hybridized carbons (Fsp3) is 0.833. The average Bonchev–Trinajstić information content (AvgIpc) is 2.54. The van der Waals surface area contributed by atoms with Gasteiger partial charge < -0.3 is 9.69 Å². The highest BCUT2D eigenvalue weighted by Crippen LogP contribution is 2.20. The molecule has 0 aromatic heterocycles. The van der Waals surface area contributed by atoms with Gasteiger partial charge in [-0.3, -0.25) is 4.79 Å². The third kappa shape index (κ3) is 4.02. The molecule has 1 saturated heterocycles. The third-order valence-corrected chi connectivity index (χ3v) is 3.08. The van der Waals surface area contributed by atoms with Crippen LogP contribution in [0, 0.1) is 5.92 Å². The molecule has 1 rings (SSSR count). The Bertz CT molecular complexity index is 238. The molecule has 0 N–H and O–H groups in total. The topological polar surface area (TPSA) is 37.4 Å². The van der Waals surface area contributed by atoms with Crippen LogP contribution in [-0.2, 0) is 9.59 Å². The highest BCUT2D eigenvalue weighted by Gasteiger charge is 2.27. The number of likely N-dealkylation sites (tertiary alicyclic amines) is 1. The van der Waals surface area contributed by atoms with E-state index in [4.69, 9.17) is 0 Å². The van der Waals surface area contributed by atoms with Gasteiger partial charge in [0.15, 0.2) is 0 Å². The van der Waals surface area contributed by atoms with Gasteiger partial charge in [-0.1, -0.05) is 13.3 Å². The van der Waals surface area contributed by atoms with Crippen molar-refractivity contribution in [2.45, 2.75) is 46.0 Å². The summed E-state index contributed by atoms with van der Waals surface area (Å²) in [6, 6.07) is 0. The first-order chi connectivity index (χ1) is 7.13. The first-order valence-corrected chi connectivity index (χ1v) is 5.90. The van der Waals surface area contributed by atoms with E-state index in [9.17, 15) is 9.59 Å². The number of amides is 1. The normalized spacial score (nSPS) is 21.1. The van der Waals surface area contributed by atoms with Crippen LogP contribution in [0.1, 0.15) is 46.0 Å². The van der Waals surface area contributed by atoms with Gasteiger partial charge in [0.25, 0.3) is 0 Å². The number of Topliss-reactive ketones (excluding diaryl/α,β-unsaturated/α-hetero) is 1. The van der Waals surface area contributed by atoms with Gasteiger partial charge in [-0.2, -0.15) is 0 Å². The molecule has 15 heavy (non-hydrogen) atoms. The summed E-state index contributed by atoms with van der Waals surface area (Å²) in [7, 11) is 0. The number of rotatable bonds is 6. The van der Waals surface area contributed by atoms with Gasteiger partial charge in [-0.25, -0.2) is 0 Å². The smallest absolute Gasteiger partial charge is 0.222 e. The standard InChI is InChI=1S/C12H21NO2/c1-3-11-8-12(15)13(9-11)7-5-4-6-10(2)14/h11H,3-9H2,1-2H3. The maximum absolute atomic E-state index is 11.5. The van der Waals surface area contributed by atoms with Crippen molar-refractivity contribution in [1.29, 1.82) is 0 Å². The summed E-state index contributed by atoms with van der Waals surface area (Å²) in [4.78, 5) is 24.2. The Kier molecular flexibility index (Phi) is 4.79. The number of unbranched alkanes of at least 4 members (excludes halogenated alkanes) is 1. The quantitative estimate of drug-likeness (QED) is 0.630. The average molecular weight is 211 g/mol. The number of nitrogens with zero attached hydrogens (tertiary/aromatic N) is 1. The lowest BCUT2D eigenvalue weighted by molar-refractivity contribution is -0.127. The van der Waals surface area contributed by atoms with Crippen LogP contribution >= 0.6 is 0 Å². The van der Waals surface area contributed by atoms with Crippen LogP contribution < -0.4 is 0 Å². The molecular weight excluding hydrogens is 190 g/mol. The van der Waals surface area contributed by atoms with Crippen LogP contribution in [0.15, 0.2) is 0 Å². The number of hydrogen-bond acceptors (Lipinski definition) is 2. The summed E-state index contributed by atoms with van der Waals surface area (Å²) in [6.45, 7) is 5.52. The predicted octanol–water partition coefficient (Wildman–Crippen LogP) is 2.00. The molecule has 0 spiro atoms. The fourth-order valence-corrected chi connectivity index (χ4v) is 2.02. The Morgan fingerprint density at radius 3 is 2.73 bits per heavy atom. The molecule has 0 radical (unpaired) electrons. The van der Waals surface area contributed by atoms with Crippen LogP contribution in [0.3, 0.4) is 0 Å². The van der Waals surface area contributed by atoms with E-state index in [-0.39, 0.29) is 5.78 Å². The van der Waals surface area contributed by atoms with E-state index in [2.05, 4.69) is 6.92 Å². The Labute approximate surface area is 91.8 Å². The van der Waals surface area contributed by atoms with Gasteiger partial charge in [-0.05, 0) is 25.7 Å². The van der Waals surface area contributed by atoms with E-state index in [1.54, 1.807) is 6.92 Å². The molecular formula is C12H21NO2. The molecule has 1 aliphatic rings. The second-order valence-electron chi connectivity index (χ2n) is 4.48. The molecule has 1 heterocycles. The second-order valence-corrected chi connectivity index (χ2v) is 4.48. The molecule has 1 fully saturated rings. The van der Waals surface area contributed by atoms with E-state index < -0.39 is 0 Å². The van der Waals surface area contributed by atoms with E-state index >= 15 is 0 Å². The molecule has 1 aliphatic heterocycles. The van der Waals surface area contributed by atoms with Crippen molar-refractivity contribution in [3.63, 3.8) is 0 Å². The Morgan fingerprint density at radius 1 is 1.47 bits per heavy atom. The van der Waals surface area contributed by atoms with E-state index in [1.165, 1.54) is 0 Å². The van der Waals surface area contributed by atoms with E-state index in [0.29, 0.717) is 18.2 Å². The third-order valence-electron chi connectivity index (χ3n) is 3.08. The molecule has 1 atom stereocenters. The predicted molar refractivity (Wildman–Crippen MR) is 59.5 cm³/mol. The highest BCUT2D eigenvalue weighted by molar-refractivity contribution is 5.78. The maximum atomic E-state index is 11.5. The minimum Gasteiger partial charge on any atom is -0.342 e. The minimum atomic E-state index is 0.245. The van der Waals surface area contributed by atoms with E-state index in [0.717, 1.165) is 38.8 Å². The highest BCUT2D eigenvalue weighted by atomic mass is 16.2. The molecule has 0 bridgehead atoms. The van der Waals surface area contributed by atoms with Gasteiger partial charge >= 0.3 is 0 Å². The Balaban J connectivity index is 2.16. The van der Waals surface area contributed by atoms with Crippen molar-refractivity contribution in [2.75, 3.05) is 13.1 Å². The molecule has 1 amide bonds. The lowest BCUT2D eigenvalue weighted by Crippen LogP contribution is -2.26. The molecule has 86 valence electrons. The molecule has 1 unspecified atom stereocenters. The summed E-state index contributed by atoms with van der Waals surface area (Å²) < 4.78 is 0. The lowest BCUT2D eigenvalue weighted by atomic mass is 10.1. The van der Waals surface area contributed by atoms with Gasteiger partial charge in [-0.15, -0.1) is 0 Å². The maximum Gasteiger partial charge on any atom is 0.222 e. The molecule has 0 aromatic rings. The SMILES string of the molecule is CCC1CC(=O)N(CCCCC(C)=O)C1. The lowest BCUT2D eigenvalue weighted by Gasteiger charge is -2.15. The van der Waals surface area contributed by atoms with Crippen molar-refractivity contribution in [2.24, 2.45) is 5.92 Å². The van der Waals surface area contributed by atoms with Crippen LogP contribution in [0.5, 0.6) is 0 Å². The summed E-state index contributed by atoms with van der Waals surface area (Å²) >= 11 is 0. The molecule has 3 nitrogen and oxygen atoms in total. The number of hydrogen-bond donors (Lipinski definition) is 0. The fourth-order valence-electron chi connectivity index (χ4n) is 2.02. The summed E-state index contributed by atoms with van der Waals surface area (Å²) in [6.07, 6.45) is 4.34. The second kappa shape index (κ2) is 5.89. The zero-order chi connectivity index (χ0) is 11.3. The van der Waals surface area contributed by atoms with E-state index in [1.807, 2.05) is 4.90 Å². The summed E-state index contributed by atoms with van der Waals surface area (Å²) in [5.41, 5.74) is 0. The first kappa shape index (κ1) is 12.2. The van der Waals surface area contributed by atoms with Crippen LogP contribution in [-0.4, -0.2) is 29.7 Å². The molecule has 0 aliphatic carbocycles. The Morgan fingerprint density at radius 2 is 2.20 bits per heavy atom. The minimum absolute atomic E-state index is 0.245. The van der Waals surface area contributed by atoms with Gasteiger partial charge in [0.05, 0.1) is 0 Å². The monoisotopic (exact) mass is 211 g/mol. The van der Waals surface area contributed by atoms with Crippen LogP contribution in [0.2, 0.25) is 0 Å². The van der Waals surface area contributed by atoms with Crippen LogP contribution in [0.4, 0.5) is 0 Å². The van der Waals surface area contributed by atoms with Crippen molar-refractivity contribution in [3.05, 3.63) is 0 Å². The molecule has 0 aromatic carbocycles. The summed E-state index contributed by atoms with van der Waals surface area (Å²) in [5, 5.41) is 0. The Hall–Kier alpha value is -0.860.